The summed E-state index contributed by atoms with van der Waals surface area (Å²) in [5.41, 5.74) is 5.63. The molecular weight excluding hydrogens is 242 g/mol. The van der Waals surface area contributed by atoms with Crippen molar-refractivity contribution >= 4 is 6.08 Å². The molecule has 0 fully saturated rings. The van der Waals surface area contributed by atoms with Crippen molar-refractivity contribution in [1.29, 1.82) is 0 Å². The Morgan fingerprint density at radius 2 is 1.50 bits per heavy atom. The largest absolute Gasteiger partial charge is 0.256 e. The molecule has 0 atom stereocenters. The van der Waals surface area contributed by atoms with Crippen molar-refractivity contribution in [2.24, 2.45) is 0 Å². The molecule has 0 aliphatic carbocycles. The number of rotatable bonds is 3. The minimum absolute atomic E-state index is 0.996. The van der Waals surface area contributed by atoms with Crippen LogP contribution in [0.3, 0.4) is 0 Å². The Kier molecular flexibility index (Phi) is 3.42. The summed E-state index contributed by atoms with van der Waals surface area (Å²) in [6, 6.07) is 22.8. The molecule has 0 saturated carbocycles. The predicted molar refractivity (Wildman–Crippen MR) is 85.2 cm³/mol. The Bertz CT molecular complexity index is 712. The van der Waals surface area contributed by atoms with Crippen molar-refractivity contribution in [2.75, 3.05) is 0 Å². The van der Waals surface area contributed by atoms with Gasteiger partial charge in [0.25, 0.3) is 0 Å². The molecule has 0 radical (unpaired) electrons. The van der Waals surface area contributed by atoms with Crippen LogP contribution < -0.4 is 0 Å². The highest BCUT2D eigenvalue weighted by Crippen LogP contribution is 2.24. The summed E-state index contributed by atoms with van der Waals surface area (Å²) in [6.07, 6.45) is 3.71. The Morgan fingerprint density at radius 3 is 2.20 bits per heavy atom. The van der Waals surface area contributed by atoms with Crippen LogP contribution >= 0.6 is 0 Å². The second-order valence-electron chi connectivity index (χ2n) is 4.62. The lowest BCUT2D eigenvalue weighted by Gasteiger charge is -2.05. The summed E-state index contributed by atoms with van der Waals surface area (Å²) in [6.45, 7) is 3.78. The van der Waals surface area contributed by atoms with E-state index in [0.29, 0.717) is 0 Å². The second-order valence-corrected chi connectivity index (χ2v) is 4.62. The van der Waals surface area contributed by atoms with Gasteiger partial charge in [-0.3, -0.25) is 4.98 Å². The molecule has 1 heterocycles. The third-order valence-electron chi connectivity index (χ3n) is 3.31. The van der Waals surface area contributed by atoms with Gasteiger partial charge in [0.05, 0.1) is 5.69 Å². The highest BCUT2D eigenvalue weighted by Gasteiger charge is 2.02. The average Bonchev–Trinajstić information content (AvgIpc) is 2.56. The van der Waals surface area contributed by atoms with E-state index in [1.807, 2.05) is 36.5 Å². The van der Waals surface area contributed by atoms with Gasteiger partial charge in [-0.1, -0.05) is 67.3 Å². The first kappa shape index (κ1) is 12.4. The minimum atomic E-state index is 0.996. The lowest BCUT2D eigenvalue weighted by molar-refractivity contribution is 1.33. The first-order chi connectivity index (χ1) is 9.86. The average molecular weight is 257 g/mol. The maximum absolute atomic E-state index is 4.45. The zero-order valence-electron chi connectivity index (χ0n) is 11.2. The van der Waals surface area contributed by atoms with Crippen LogP contribution in [0.4, 0.5) is 0 Å². The Labute approximate surface area is 119 Å². The van der Waals surface area contributed by atoms with Gasteiger partial charge in [0.15, 0.2) is 0 Å². The SMILES string of the molecule is C=Cc1ccc(-c2ccnc(-c3ccccc3)c2)cc1. The predicted octanol–water partition coefficient (Wildman–Crippen LogP) is 5.06. The smallest absolute Gasteiger partial charge is 0.0708 e. The molecule has 2 aromatic carbocycles. The van der Waals surface area contributed by atoms with Crippen molar-refractivity contribution < 1.29 is 0 Å². The van der Waals surface area contributed by atoms with E-state index in [9.17, 15) is 0 Å². The van der Waals surface area contributed by atoms with Gasteiger partial charge >= 0.3 is 0 Å². The third kappa shape index (κ3) is 2.52. The van der Waals surface area contributed by atoms with E-state index in [0.717, 1.165) is 16.8 Å². The highest BCUT2D eigenvalue weighted by atomic mass is 14.7. The number of hydrogen-bond acceptors (Lipinski definition) is 1. The van der Waals surface area contributed by atoms with Gasteiger partial charge in [0.1, 0.15) is 0 Å². The van der Waals surface area contributed by atoms with E-state index in [1.165, 1.54) is 11.1 Å². The van der Waals surface area contributed by atoms with E-state index >= 15 is 0 Å². The molecule has 0 bridgehead atoms. The Morgan fingerprint density at radius 1 is 0.750 bits per heavy atom. The van der Waals surface area contributed by atoms with Crippen molar-refractivity contribution in [3.63, 3.8) is 0 Å². The van der Waals surface area contributed by atoms with Crippen LogP contribution in [-0.2, 0) is 0 Å². The van der Waals surface area contributed by atoms with E-state index in [-0.39, 0.29) is 0 Å². The first-order valence-corrected chi connectivity index (χ1v) is 6.61. The van der Waals surface area contributed by atoms with E-state index in [1.54, 1.807) is 0 Å². The third-order valence-corrected chi connectivity index (χ3v) is 3.31. The summed E-state index contributed by atoms with van der Waals surface area (Å²) in [4.78, 5) is 4.45. The van der Waals surface area contributed by atoms with Gasteiger partial charge < -0.3 is 0 Å². The number of benzene rings is 2. The second kappa shape index (κ2) is 5.54. The first-order valence-electron chi connectivity index (χ1n) is 6.61. The molecule has 0 amide bonds. The highest BCUT2D eigenvalue weighted by molar-refractivity contribution is 5.71. The van der Waals surface area contributed by atoms with Crippen LogP contribution in [0.2, 0.25) is 0 Å². The fourth-order valence-electron chi connectivity index (χ4n) is 2.19. The summed E-state index contributed by atoms with van der Waals surface area (Å²) < 4.78 is 0. The summed E-state index contributed by atoms with van der Waals surface area (Å²) in [7, 11) is 0. The molecule has 0 aliphatic rings. The van der Waals surface area contributed by atoms with Crippen molar-refractivity contribution in [3.8, 4) is 22.4 Å². The lowest BCUT2D eigenvalue weighted by Crippen LogP contribution is -1.85. The van der Waals surface area contributed by atoms with Gasteiger partial charge in [0.2, 0.25) is 0 Å². The fourth-order valence-corrected chi connectivity index (χ4v) is 2.19. The van der Waals surface area contributed by atoms with Crippen LogP contribution in [0.15, 0.2) is 79.5 Å². The van der Waals surface area contributed by atoms with Gasteiger partial charge in [-0.25, -0.2) is 0 Å². The van der Waals surface area contributed by atoms with E-state index < -0.39 is 0 Å². The molecule has 0 N–H and O–H groups in total. The molecule has 0 unspecified atom stereocenters. The van der Waals surface area contributed by atoms with E-state index in [4.69, 9.17) is 0 Å². The van der Waals surface area contributed by atoms with Crippen LogP contribution in [0.1, 0.15) is 5.56 Å². The summed E-state index contributed by atoms with van der Waals surface area (Å²) >= 11 is 0. The van der Waals surface area contributed by atoms with E-state index in [2.05, 4.69) is 54.0 Å². The molecule has 0 saturated heterocycles. The number of nitrogens with zero attached hydrogens (tertiary/aromatic N) is 1. The molecule has 3 aromatic rings. The van der Waals surface area contributed by atoms with Gasteiger partial charge in [-0.05, 0) is 28.8 Å². The normalized spacial score (nSPS) is 10.2. The molecule has 20 heavy (non-hydrogen) atoms. The number of hydrogen-bond donors (Lipinski definition) is 0. The molecule has 96 valence electrons. The fraction of sp³-hybridized carbons (Fsp3) is 0. The molecule has 1 nitrogen and oxygen atoms in total. The summed E-state index contributed by atoms with van der Waals surface area (Å²) in [5, 5.41) is 0. The molecule has 0 spiro atoms. The Hall–Kier alpha value is -2.67. The monoisotopic (exact) mass is 257 g/mol. The van der Waals surface area contributed by atoms with Crippen LogP contribution in [0, 0.1) is 0 Å². The lowest BCUT2D eigenvalue weighted by atomic mass is 10.0. The van der Waals surface area contributed by atoms with Gasteiger partial charge in [-0.15, -0.1) is 0 Å². The maximum Gasteiger partial charge on any atom is 0.0708 e. The molecule has 3 rings (SSSR count). The quantitative estimate of drug-likeness (QED) is 0.639. The van der Waals surface area contributed by atoms with Crippen LogP contribution in [-0.4, -0.2) is 4.98 Å². The van der Waals surface area contributed by atoms with Crippen molar-refractivity contribution in [3.05, 3.63) is 85.1 Å². The molecular formula is C19H15N. The molecule has 1 aromatic heterocycles. The minimum Gasteiger partial charge on any atom is -0.256 e. The molecule has 1 heteroatoms. The Balaban J connectivity index is 2.00. The zero-order valence-corrected chi connectivity index (χ0v) is 11.2. The van der Waals surface area contributed by atoms with Gasteiger partial charge in [0, 0.05) is 11.8 Å². The van der Waals surface area contributed by atoms with Crippen molar-refractivity contribution in [2.45, 2.75) is 0 Å². The number of pyridine rings is 1. The number of aromatic nitrogens is 1. The topological polar surface area (TPSA) is 12.9 Å². The van der Waals surface area contributed by atoms with Gasteiger partial charge in [-0.2, -0.15) is 0 Å². The molecule has 0 aliphatic heterocycles. The van der Waals surface area contributed by atoms with Crippen LogP contribution in [0.25, 0.3) is 28.5 Å². The summed E-state index contributed by atoms with van der Waals surface area (Å²) in [5.74, 6) is 0. The van der Waals surface area contributed by atoms with Crippen molar-refractivity contribution in [1.82, 2.24) is 4.98 Å². The maximum atomic E-state index is 4.45. The zero-order chi connectivity index (χ0) is 13.8. The standard InChI is InChI=1S/C19H15N/c1-2-15-8-10-16(11-9-15)18-12-13-20-19(14-18)17-6-4-3-5-7-17/h2-14H,1H2. The van der Waals surface area contributed by atoms with Crippen LogP contribution in [0.5, 0.6) is 0 Å².